The number of benzene rings is 1. The second kappa shape index (κ2) is 3.87. The Kier molecular flexibility index (Phi) is 2.56. The minimum Gasteiger partial charge on any atom is -0.365 e. The number of aryl methyl sites for hydroxylation is 1. The Morgan fingerprint density at radius 1 is 1.20 bits per heavy atom. The van der Waals surface area contributed by atoms with Gasteiger partial charge in [0.2, 0.25) is 0 Å². The molecule has 0 unspecified atom stereocenters. The van der Waals surface area contributed by atoms with Crippen LogP contribution < -0.4 is 5.73 Å². The first-order valence-corrected chi connectivity index (χ1v) is 5.50. The van der Waals surface area contributed by atoms with Crippen molar-refractivity contribution in [1.29, 1.82) is 0 Å². The highest BCUT2D eigenvalue weighted by Gasteiger charge is 2.05. The average Bonchev–Trinajstić information content (AvgIpc) is 2.68. The monoisotopic (exact) mass is 217 g/mol. The fraction of sp³-hybridized carbons (Fsp3) is 0.0833. The average molecular weight is 217 g/mol. The van der Waals surface area contributed by atoms with Crippen LogP contribution in [0.4, 0.5) is 0 Å². The highest BCUT2D eigenvalue weighted by atomic mass is 32.1. The van der Waals surface area contributed by atoms with Crippen molar-refractivity contribution in [2.75, 3.05) is 0 Å². The molecule has 3 heteroatoms. The van der Waals surface area contributed by atoms with E-state index < -0.39 is 0 Å². The Morgan fingerprint density at radius 3 is 2.40 bits per heavy atom. The molecule has 1 amide bonds. The lowest BCUT2D eigenvalue weighted by molar-refractivity contribution is 0.100. The van der Waals surface area contributed by atoms with Gasteiger partial charge in [0.15, 0.2) is 0 Å². The van der Waals surface area contributed by atoms with Crippen LogP contribution in [0.1, 0.15) is 15.2 Å². The van der Waals surface area contributed by atoms with Gasteiger partial charge in [-0.05, 0) is 29.5 Å². The van der Waals surface area contributed by atoms with Crippen molar-refractivity contribution in [2.24, 2.45) is 5.73 Å². The topological polar surface area (TPSA) is 43.1 Å². The molecule has 0 atom stereocenters. The van der Waals surface area contributed by atoms with Crippen LogP contribution in [0.3, 0.4) is 0 Å². The molecule has 0 saturated heterocycles. The van der Waals surface area contributed by atoms with Crippen molar-refractivity contribution in [3.63, 3.8) is 0 Å². The highest BCUT2D eigenvalue weighted by molar-refractivity contribution is 7.12. The van der Waals surface area contributed by atoms with Gasteiger partial charge in [-0.3, -0.25) is 4.79 Å². The number of nitrogens with two attached hydrogens (primary N) is 1. The molecular formula is C12H11NOS. The van der Waals surface area contributed by atoms with E-state index in [4.69, 9.17) is 5.73 Å². The van der Waals surface area contributed by atoms with E-state index in [0.29, 0.717) is 4.88 Å². The standard InChI is InChI=1S/C12H11NOS/c1-8-2-4-9(5-3-8)10-6-11(12(13)14)15-7-10/h2-7H,1H3,(H2,13,14). The molecule has 1 aromatic carbocycles. The second-order valence-electron chi connectivity index (χ2n) is 3.43. The molecule has 1 aromatic heterocycles. The summed E-state index contributed by atoms with van der Waals surface area (Å²) < 4.78 is 0. The number of amides is 1. The third kappa shape index (κ3) is 2.07. The molecular weight excluding hydrogens is 206 g/mol. The molecule has 0 fully saturated rings. The van der Waals surface area contributed by atoms with Gasteiger partial charge >= 0.3 is 0 Å². The minimum absolute atomic E-state index is 0.363. The maximum absolute atomic E-state index is 10.9. The number of hydrogen-bond acceptors (Lipinski definition) is 2. The van der Waals surface area contributed by atoms with Crippen molar-refractivity contribution in [2.45, 2.75) is 6.92 Å². The molecule has 0 saturated carbocycles. The van der Waals surface area contributed by atoms with Gasteiger partial charge in [-0.25, -0.2) is 0 Å². The predicted octanol–water partition coefficient (Wildman–Crippen LogP) is 2.82. The van der Waals surface area contributed by atoms with Crippen molar-refractivity contribution in [3.8, 4) is 11.1 Å². The lowest BCUT2D eigenvalue weighted by Gasteiger charge is -1.97. The second-order valence-corrected chi connectivity index (χ2v) is 4.34. The lowest BCUT2D eigenvalue weighted by Crippen LogP contribution is -2.08. The van der Waals surface area contributed by atoms with Crippen LogP contribution in [0.5, 0.6) is 0 Å². The van der Waals surface area contributed by atoms with Crippen molar-refractivity contribution in [3.05, 3.63) is 46.2 Å². The summed E-state index contributed by atoms with van der Waals surface area (Å²) in [6.07, 6.45) is 0. The molecule has 15 heavy (non-hydrogen) atoms. The van der Waals surface area contributed by atoms with Gasteiger partial charge in [0, 0.05) is 0 Å². The summed E-state index contributed by atoms with van der Waals surface area (Å²) in [7, 11) is 0. The molecule has 76 valence electrons. The molecule has 0 spiro atoms. The molecule has 2 aromatic rings. The maximum Gasteiger partial charge on any atom is 0.258 e. The molecule has 0 aliphatic rings. The summed E-state index contributed by atoms with van der Waals surface area (Å²) in [6, 6.07) is 10.0. The molecule has 1 heterocycles. The maximum atomic E-state index is 10.9. The summed E-state index contributed by atoms with van der Waals surface area (Å²) in [5.41, 5.74) is 8.59. The van der Waals surface area contributed by atoms with E-state index in [1.54, 1.807) is 0 Å². The van der Waals surface area contributed by atoms with E-state index in [0.717, 1.165) is 11.1 Å². The van der Waals surface area contributed by atoms with Gasteiger partial charge in [-0.2, -0.15) is 0 Å². The fourth-order valence-corrected chi connectivity index (χ4v) is 2.13. The van der Waals surface area contributed by atoms with Gasteiger partial charge in [-0.15, -0.1) is 11.3 Å². The number of hydrogen-bond donors (Lipinski definition) is 1. The predicted molar refractivity (Wildman–Crippen MR) is 63.0 cm³/mol. The quantitative estimate of drug-likeness (QED) is 0.825. The molecule has 2 N–H and O–H groups in total. The Morgan fingerprint density at radius 2 is 1.87 bits per heavy atom. The number of thiophene rings is 1. The zero-order valence-electron chi connectivity index (χ0n) is 8.36. The fourth-order valence-electron chi connectivity index (χ4n) is 1.36. The van der Waals surface area contributed by atoms with Crippen LogP contribution in [0.25, 0.3) is 11.1 Å². The Bertz CT molecular complexity index is 485. The van der Waals surface area contributed by atoms with E-state index in [2.05, 4.69) is 12.1 Å². The largest absolute Gasteiger partial charge is 0.365 e. The lowest BCUT2D eigenvalue weighted by atomic mass is 10.1. The van der Waals surface area contributed by atoms with E-state index in [1.165, 1.54) is 16.9 Å². The number of carbonyl (C=O) groups is 1. The first-order chi connectivity index (χ1) is 7.16. The molecule has 0 aliphatic carbocycles. The Hall–Kier alpha value is -1.61. The van der Waals surface area contributed by atoms with Gasteiger partial charge in [0.05, 0.1) is 4.88 Å². The van der Waals surface area contributed by atoms with Crippen molar-refractivity contribution in [1.82, 2.24) is 0 Å². The van der Waals surface area contributed by atoms with Crippen molar-refractivity contribution < 1.29 is 4.79 Å². The summed E-state index contributed by atoms with van der Waals surface area (Å²) in [5, 5.41) is 1.95. The molecule has 2 rings (SSSR count). The molecule has 2 nitrogen and oxygen atoms in total. The van der Waals surface area contributed by atoms with Crippen LogP contribution in [0.15, 0.2) is 35.7 Å². The van der Waals surface area contributed by atoms with E-state index in [1.807, 2.05) is 30.5 Å². The summed E-state index contributed by atoms with van der Waals surface area (Å²) >= 11 is 1.38. The zero-order valence-corrected chi connectivity index (χ0v) is 9.17. The van der Waals surface area contributed by atoms with Gasteiger partial charge < -0.3 is 5.73 Å². The highest BCUT2D eigenvalue weighted by Crippen LogP contribution is 2.25. The SMILES string of the molecule is Cc1ccc(-c2csc(C(N)=O)c2)cc1. The number of carbonyl (C=O) groups excluding carboxylic acids is 1. The van der Waals surface area contributed by atoms with Crippen LogP contribution in [0, 0.1) is 6.92 Å². The van der Waals surface area contributed by atoms with Gasteiger partial charge in [-0.1, -0.05) is 29.8 Å². The van der Waals surface area contributed by atoms with E-state index in [-0.39, 0.29) is 5.91 Å². The summed E-state index contributed by atoms with van der Waals surface area (Å²) in [4.78, 5) is 11.5. The summed E-state index contributed by atoms with van der Waals surface area (Å²) in [5.74, 6) is -0.363. The number of rotatable bonds is 2. The Balaban J connectivity index is 2.37. The third-order valence-electron chi connectivity index (χ3n) is 2.23. The van der Waals surface area contributed by atoms with Crippen LogP contribution in [-0.4, -0.2) is 5.91 Å². The normalized spacial score (nSPS) is 10.2. The molecule has 0 bridgehead atoms. The van der Waals surface area contributed by atoms with E-state index in [9.17, 15) is 4.79 Å². The third-order valence-corrected chi connectivity index (χ3v) is 3.17. The Labute approximate surface area is 92.4 Å². The first kappa shape index (κ1) is 9.93. The van der Waals surface area contributed by atoms with Gasteiger partial charge in [0.25, 0.3) is 5.91 Å². The first-order valence-electron chi connectivity index (χ1n) is 4.62. The minimum atomic E-state index is -0.363. The van der Waals surface area contributed by atoms with Crippen LogP contribution >= 0.6 is 11.3 Å². The molecule has 0 aliphatic heterocycles. The zero-order chi connectivity index (χ0) is 10.8. The molecule has 0 radical (unpaired) electrons. The number of primary amides is 1. The smallest absolute Gasteiger partial charge is 0.258 e. The van der Waals surface area contributed by atoms with Crippen LogP contribution in [-0.2, 0) is 0 Å². The van der Waals surface area contributed by atoms with Crippen molar-refractivity contribution >= 4 is 17.2 Å². The van der Waals surface area contributed by atoms with Crippen LogP contribution in [0.2, 0.25) is 0 Å². The van der Waals surface area contributed by atoms with Gasteiger partial charge in [0.1, 0.15) is 0 Å². The summed E-state index contributed by atoms with van der Waals surface area (Å²) in [6.45, 7) is 2.05. The van der Waals surface area contributed by atoms with E-state index >= 15 is 0 Å².